The number of piperidine rings is 1. The van der Waals surface area contributed by atoms with E-state index < -0.39 is 11.5 Å². The first-order chi connectivity index (χ1) is 9.48. The molecule has 0 bridgehead atoms. The number of nitrogens with one attached hydrogen (secondary N) is 1. The molecule has 5 nitrogen and oxygen atoms in total. The summed E-state index contributed by atoms with van der Waals surface area (Å²) in [6, 6.07) is 0.998. The van der Waals surface area contributed by atoms with Crippen LogP contribution in [-0.2, 0) is 4.79 Å². The van der Waals surface area contributed by atoms with Crippen LogP contribution in [0.1, 0.15) is 38.5 Å². The van der Waals surface area contributed by atoms with E-state index in [0.29, 0.717) is 12.1 Å². The molecule has 5 heteroatoms. The van der Waals surface area contributed by atoms with Crippen molar-refractivity contribution in [3.63, 3.8) is 0 Å². The highest BCUT2D eigenvalue weighted by Crippen LogP contribution is 2.33. The van der Waals surface area contributed by atoms with Crippen LogP contribution in [0.5, 0.6) is 0 Å². The van der Waals surface area contributed by atoms with Gasteiger partial charge in [0.2, 0.25) is 0 Å². The van der Waals surface area contributed by atoms with Crippen molar-refractivity contribution < 1.29 is 9.90 Å². The van der Waals surface area contributed by atoms with Crippen molar-refractivity contribution in [2.75, 3.05) is 34.2 Å². The second-order valence-corrected chi connectivity index (χ2v) is 6.59. The molecule has 2 aliphatic rings. The van der Waals surface area contributed by atoms with Gasteiger partial charge in [-0.05, 0) is 72.8 Å². The van der Waals surface area contributed by atoms with E-state index in [4.69, 9.17) is 0 Å². The number of likely N-dealkylation sites (N-methyl/N-ethyl adjacent to an activating group) is 1. The minimum absolute atomic E-state index is 0.390. The number of likely N-dealkylation sites (tertiary alicyclic amines) is 1. The normalized spacial score (nSPS) is 33.5. The third kappa shape index (κ3) is 3.15. The Labute approximate surface area is 122 Å². The van der Waals surface area contributed by atoms with E-state index in [2.05, 4.69) is 29.2 Å². The highest BCUT2D eigenvalue weighted by Gasteiger charge is 2.43. The zero-order valence-corrected chi connectivity index (χ0v) is 13.1. The molecule has 2 fully saturated rings. The maximum Gasteiger partial charge on any atom is 0.323 e. The number of carbonyl (C=O) groups is 1. The number of aliphatic carboxylic acids is 1. The van der Waals surface area contributed by atoms with Gasteiger partial charge >= 0.3 is 5.97 Å². The van der Waals surface area contributed by atoms with Gasteiger partial charge in [0.25, 0.3) is 0 Å². The third-order valence-corrected chi connectivity index (χ3v) is 5.45. The van der Waals surface area contributed by atoms with Gasteiger partial charge in [0.15, 0.2) is 0 Å². The van der Waals surface area contributed by atoms with Crippen LogP contribution >= 0.6 is 0 Å². The minimum atomic E-state index is -0.720. The average molecular weight is 283 g/mol. The Hall–Kier alpha value is -0.650. The molecule has 0 aromatic heterocycles. The van der Waals surface area contributed by atoms with Crippen LogP contribution in [0.25, 0.3) is 0 Å². The molecule has 1 aliphatic heterocycles. The molecule has 0 amide bonds. The molecular formula is C15H29N3O2. The van der Waals surface area contributed by atoms with Gasteiger partial charge in [-0.1, -0.05) is 0 Å². The molecule has 1 saturated carbocycles. The zero-order valence-electron chi connectivity index (χ0n) is 13.1. The summed E-state index contributed by atoms with van der Waals surface area (Å²) in [6.45, 7) is 2.30. The van der Waals surface area contributed by atoms with Gasteiger partial charge in [-0.2, -0.15) is 0 Å². The lowest BCUT2D eigenvalue weighted by Crippen LogP contribution is -2.58. The van der Waals surface area contributed by atoms with Crippen LogP contribution in [-0.4, -0.2) is 72.7 Å². The van der Waals surface area contributed by atoms with Crippen LogP contribution < -0.4 is 5.32 Å². The molecule has 2 N–H and O–H groups in total. The number of hydrogen-bond donors (Lipinski definition) is 2. The second-order valence-electron chi connectivity index (χ2n) is 6.59. The molecule has 0 aromatic carbocycles. The lowest BCUT2D eigenvalue weighted by molar-refractivity contribution is -0.147. The molecule has 1 heterocycles. The molecule has 0 radical (unpaired) electrons. The Balaban J connectivity index is 1.99. The molecule has 116 valence electrons. The van der Waals surface area contributed by atoms with E-state index in [9.17, 15) is 9.90 Å². The van der Waals surface area contributed by atoms with E-state index in [1.54, 1.807) is 7.05 Å². The van der Waals surface area contributed by atoms with Crippen molar-refractivity contribution in [3.05, 3.63) is 0 Å². The van der Waals surface area contributed by atoms with Gasteiger partial charge in [-0.15, -0.1) is 0 Å². The Bertz CT molecular complexity index is 342. The minimum Gasteiger partial charge on any atom is -0.480 e. The lowest BCUT2D eigenvalue weighted by atomic mass is 9.78. The fraction of sp³-hybridized carbons (Fsp3) is 0.933. The van der Waals surface area contributed by atoms with E-state index in [-0.39, 0.29) is 0 Å². The van der Waals surface area contributed by atoms with Crippen molar-refractivity contribution in [3.8, 4) is 0 Å². The van der Waals surface area contributed by atoms with Crippen molar-refractivity contribution in [1.82, 2.24) is 15.1 Å². The fourth-order valence-corrected chi connectivity index (χ4v) is 3.82. The zero-order chi connectivity index (χ0) is 14.8. The van der Waals surface area contributed by atoms with E-state index in [1.165, 1.54) is 12.8 Å². The van der Waals surface area contributed by atoms with Crippen molar-refractivity contribution in [2.45, 2.75) is 56.1 Å². The highest BCUT2D eigenvalue weighted by atomic mass is 16.4. The molecule has 2 atom stereocenters. The maximum absolute atomic E-state index is 11.6. The fourth-order valence-electron chi connectivity index (χ4n) is 3.82. The quantitative estimate of drug-likeness (QED) is 0.806. The van der Waals surface area contributed by atoms with Gasteiger partial charge in [-0.3, -0.25) is 4.79 Å². The Morgan fingerprint density at radius 1 is 1.30 bits per heavy atom. The smallest absolute Gasteiger partial charge is 0.323 e. The van der Waals surface area contributed by atoms with E-state index >= 15 is 0 Å². The second kappa shape index (κ2) is 6.41. The Morgan fingerprint density at radius 3 is 2.50 bits per heavy atom. The molecule has 1 saturated heterocycles. The van der Waals surface area contributed by atoms with Gasteiger partial charge in [-0.25, -0.2) is 0 Å². The predicted octanol–water partition coefficient (Wildman–Crippen LogP) is 0.998. The molecular weight excluding hydrogens is 254 g/mol. The van der Waals surface area contributed by atoms with Gasteiger partial charge in [0, 0.05) is 12.1 Å². The van der Waals surface area contributed by atoms with Crippen molar-refractivity contribution >= 4 is 5.97 Å². The number of nitrogens with zero attached hydrogens (tertiary/aromatic N) is 2. The van der Waals surface area contributed by atoms with Crippen LogP contribution in [0.15, 0.2) is 0 Å². The first-order valence-corrected chi connectivity index (χ1v) is 7.81. The Morgan fingerprint density at radius 2 is 1.95 bits per heavy atom. The van der Waals surface area contributed by atoms with Gasteiger partial charge < -0.3 is 20.2 Å². The maximum atomic E-state index is 11.6. The molecule has 20 heavy (non-hydrogen) atoms. The summed E-state index contributed by atoms with van der Waals surface area (Å²) in [4.78, 5) is 16.4. The summed E-state index contributed by atoms with van der Waals surface area (Å²) >= 11 is 0. The number of carboxylic acid groups (broad SMARTS) is 1. The summed E-state index contributed by atoms with van der Waals surface area (Å²) in [5.74, 6) is -0.693. The third-order valence-electron chi connectivity index (χ3n) is 5.45. The number of rotatable bonds is 4. The van der Waals surface area contributed by atoms with Crippen LogP contribution in [0.3, 0.4) is 0 Å². The van der Waals surface area contributed by atoms with E-state index in [1.807, 2.05) is 0 Å². The van der Waals surface area contributed by atoms with Crippen molar-refractivity contribution in [2.24, 2.45) is 0 Å². The largest absolute Gasteiger partial charge is 0.480 e. The van der Waals surface area contributed by atoms with Gasteiger partial charge in [0.05, 0.1) is 0 Å². The molecule has 2 unspecified atom stereocenters. The summed E-state index contributed by atoms with van der Waals surface area (Å²) in [6.07, 6.45) is 5.98. The van der Waals surface area contributed by atoms with Gasteiger partial charge in [0.1, 0.15) is 5.54 Å². The monoisotopic (exact) mass is 283 g/mol. The van der Waals surface area contributed by atoms with Crippen LogP contribution in [0.4, 0.5) is 0 Å². The average Bonchev–Trinajstić information content (AvgIpc) is 2.47. The highest BCUT2D eigenvalue weighted by molar-refractivity contribution is 5.79. The topological polar surface area (TPSA) is 55.8 Å². The predicted molar refractivity (Wildman–Crippen MR) is 80.0 cm³/mol. The number of carboxylic acids is 1. The summed E-state index contributed by atoms with van der Waals surface area (Å²) in [5.41, 5.74) is -0.720. The number of hydrogen-bond acceptors (Lipinski definition) is 4. The summed E-state index contributed by atoms with van der Waals surface area (Å²) in [5, 5.41) is 12.6. The SMILES string of the molecule is CNC1(C(=O)O)CCCC(N(C)C2CCN(C)CC2)C1. The van der Waals surface area contributed by atoms with Crippen LogP contribution in [0.2, 0.25) is 0 Å². The summed E-state index contributed by atoms with van der Waals surface area (Å²) < 4.78 is 0. The molecule has 2 rings (SSSR count). The van der Waals surface area contributed by atoms with Crippen molar-refractivity contribution in [1.29, 1.82) is 0 Å². The molecule has 1 aliphatic carbocycles. The standard InChI is InChI=1S/C15H29N3O2/c1-16-15(14(19)20)8-4-5-13(11-15)18(3)12-6-9-17(2)10-7-12/h12-13,16H,4-11H2,1-3H3,(H,19,20). The van der Waals surface area contributed by atoms with Crippen LogP contribution in [0, 0.1) is 0 Å². The van der Waals surface area contributed by atoms with E-state index in [0.717, 1.165) is 38.8 Å². The first kappa shape index (κ1) is 15.7. The molecule has 0 aromatic rings. The summed E-state index contributed by atoms with van der Waals surface area (Å²) in [7, 11) is 6.15. The molecule has 0 spiro atoms. The first-order valence-electron chi connectivity index (χ1n) is 7.81. The Kier molecular flexibility index (Phi) is 5.04. The lowest BCUT2D eigenvalue weighted by Gasteiger charge is -2.45.